The zero-order valence-electron chi connectivity index (χ0n) is 9.34. The van der Waals surface area contributed by atoms with Crippen molar-refractivity contribution in [2.24, 2.45) is 0 Å². The molecule has 0 spiro atoms. The second-order valence-electron chi connectivity index (χ2n) is 4.24. The molecule has 0 N–H and O–H groups in total. The van der Waals surface area contributed by atoms with Gasteiger partial charge in [0.05, 0.1) is 12.1 Å². The zero-order chi connectivity index (χ0) is 10.2. The van der Waals surface area contributed by atoms with E-state index in [0.29, 0.717) is 0 Å². The van der Waals surface area contributed by atoms with Crippen LogP contribution in [-0.2, 0) is 0 Å². The Kier molecular flexibility index (Phi) is 5.63. The first-order valence-electron chi connectivity index (χ1n) is 6.02. The Bertz CT molecular complexity index is 175. The summed E-state index contributed by atoms with van der Waals surface area (Å²) in [7, 11) is 0. The van der Waals surface area contributed by atoms with E-state index < -0.39 is 0 Å². The summed E-state index contributed by atoms with van der Waals surface area (Å²) in [4.78, 5) is 2.39. The fraction of sp³-hybridized carbons (Fsp3) is 0.917. The van der Waals surface area contributed by atoms with E-state index in [1.807, 2.05) is 0 Å². The van der Waals surface area contributed by atoms with Crippen LogP contribution in [0.15, 0.2) is 0 Å². The normalized spacial score (nSPS) is 21.1. The van der Waals surface area contributed by atoms with Gasteiger partial charge in [-0.25, -0.2) is 0 Å². The number of hydrogen-bond acceptors (Lipinski definition) is 2. The molecule has 0 aromatic rings. The summed E-state index contributed by atoms with van der Waals surface area (Å²) in [5.74, 6) is 0. The third-order valence-electron chi connectivity index (χ3n) is 3.06. The third-order valence-corrected chi connectivity index (χ3v) is 3.06. The molecule has 0 bridgehead atoms. The fourth-order valence-electron chi connectivity index (χ4n) is 2.13. The summed E-state index contributed by atoms with van der Waals surface area (Å²) in [6.07, 6.45) is 8.72. The Hall–Kier alpha value is -0.550. The second-order valence-corrected chi connectivity index (χ2v) is 4.24. The molecule has 0 saturated carbocycles. The van der Waals surface area contributed by atoms with Gasteiger partial charge >= 0.3 is 0 Å². The summed E-state index contributed by atoms with van der Waals surface area (Å²) in [5.41, 5.74) is 0. The van der Waals surface area contributed by atoms with Gasteiger partial charge in [-0.3, -0.25) is 4.90 Å². The van der Waals surface area contributed by atoms with Crippen molar-refractivity contribution in [1.82, 2.24) is 4.90 Å². The lowest BCUT2D eigenvalue weighted by molar-refractivity contribution is 0.231. The van der Waals surface area contributed by atoms with E-state index in [1.165, 1.54) is 38.5 Å². The molecule has 0 radical (unpaired) electrons. The van der Waals surface area contributed by atoms with Gasteiger partial charge < -0.3 is 0 Å². The third kappa shape index (κ3) is 3.67. The van der Waals surface area contributed by atoms with E-state index in [2.05, 4.69) is 17.9 Å². The topological polar surface area (TPSA) is 27.0 Å². The Balaban J connectivity index is 2.37. The van der Waals surface area contributed by atoms with Crippen LogP contribution in [0.25, 0.3) is 0 Å². The van der Waals surface area contributed by atoms with Crippen LogP contribution < -0.4 is 0 Å². The molecule has 2 heteroatoms. The highest BCUT2D eigenvalue weighted by Gasteiger charge is 2.18. The van der Waals surface area contributed by atoms with Gasteiger partial charge in [0, 0.05) is 0 Å². The quantitative estimate of drug-likeness (QED) is 0.688. The minimum Gasteiger partial charge on any atom is -0.288 e. The predicted octanol–water partition coefficient (Wildman–Crippen LogP) is 2.94. The molecule has 80 valence electrons. The lowest BCUT2D eigenvalue weighted by atomic mass is 10.1. The molecule has 1 atom stereocenters. The van der Waals surface area contributed by atoms with Crippen molar-refractivity contribution in [1.29, 1.82) is 5.26 Å². The van der Waals surface area contributed by atoms with Crippen LogP contribution in [0.2, 0.25) is 0 Å². The number of likely N-dealkylation sites (tertiary alicyclic amines) is 1. The molecule has 1 fully saturated rings. The summed E-state index contributed by atoms with van der Waals surface area (Å²) >= 11 is 0. The predicted molar refractivity (Wildman–Crippen MR) is 59.0 cm³/mol. The largest absolute Gasteiger partial charge is 0.288 e. The number of hydrogen-bond donors (Lipinski definition) is 0. The van der Waals surface area contributed by atoms with Crippen LogP contribution in [0.5, 0.6) is 0 Å². The van der Waals surface area contributed by atoms with Crippen LogP contribution in [0.1, 0.15) is 51.9 Å². The summed E-state index contributed by atoms with van der Waals surface area (Å²) < 4.78 is 0. The Morgan fingerprint density at radius 1 is 1.21 bits per heavy atom. The van der Waals surface area contributed by atoms with Crippen molar-refractivity contribution in [3.63, 3.8) is 0 Å². The highest BCUT2D eigenvalue weighted by molar-refractivity contribution is 4.92. The first-order valence-corrected chi connectivity index (χ1v) is 6.02. The minimum absolute atomic E-state index is 0.188. The Morgan fingerprint density at radius 2 is 1.86 bits per heavy atom. The molecule has 1 unspecified atom stereocenters. The zero-order valence-corrected chi connectivity index (χ0v) is 9.34. The van der Waals surface area contributed by atoms with Gasteiger partial charge in [0.1, 0.15) is 0 Å². The Labute approximate surface area is 87.9 Å². The monoisotopic (exact) mass is 194 g/mol. The average Bonchev–Trinajstić information content (AvgIpc) is 2.48. The molecule has 1 rings (SSSR count). The lowest BCUT2D eigenvalue weighted by Crippen LogP contribution is -2.34. The fourth-order valence-corrected chi connectivity index (χ4v) is 2.13. The molecular weight excluding hydrogens is 172 g/mol. The molecule has 1 aliphatic rings. The van der Waals surface area contributed by atoms with Crippen LogP contribution in [0.3, 0.4) is 0 Å². The van der Waals surface area contributed by atoms with Crippen LogP contribution in [0.4, 0.5) is 0 Å². The van der Waals surface area contributed by atoms with E-state index in [-0.39, 0.29) is 6.04 Å². The molecule has 1 aliphatic heterocycles. The molecule has 14 heavy (non-hydrogen) atoms. The first-order chi connectivity index (χ1) is 6.88. The molecule has 0 amide bonds. The molecular formula is C12H22N2. The minimum atomic E-state index is 0.188. The van der Waals surface area contributed by atoms with Gasteiger partial charge in [0.15, 0.2) is 0 Å². The number of nitrogens with zero attached hydrogens (tertiary/aromatic N) is 2. The van der Waals surface area contributed by atoms with E-state index in [4.69, 9.17) is 5.26 Å². The van der Waals surface area contributed by atoms with Gasteiger partial charge in [-0.1, -0.05) is 32.6 Å². The second kappa shape index (κ2) is 6.84. The maximum atomic E-state index is 9.11. The molecule has 2 nitrogen and oxygen atoms in total. The number of nitriles is 1. The average molecular weight is 194 g/mol. The van der Waals surface area contributed by atoms with Crippen molar-refractivity contribution < 1.29 is 0 Å². The van der Waals surface area contributed by atoms with Gasteiger partial charge in [0.25, 0.3) is 0 Å². The van der Waals surface area contributed by atoms with Crippen molar-refractivity contribution in [2.75, 3.05) is 13.1 Å². The van der Waals surface area contributed by atoms with E-state index in [9.17, 15) is 0 Å². The smallest absolute Gasteiger partial charge is 0.0977 e. The lowest BCUT2D eigenvalue weighted by Gasteiger charge is -2.25. The standard InChI is InChI=1S/C12H22N2/c1-2-3-8-12(11-13)14-9-6-4-5-7-10-14/h12H,2-10H2,1H3. The van der Waals surface area contributed by atoms with Crippen molar-refractivity contribution >= 4 is 0 Å². The van der Waals surface area contributed by atoms with Crippen molar-refractivity contribution in [3.8, 4) is 6.07 Å². The number of rotatable bonds is 4. The number of unbranched alkanes of at least 4 members (excludes halogenated alkanes) is 1. The van der Waals surface area contributed by atoms with Crippen LogP contribution in [0, 0.1) is 11.3 Å². The van der Waals surface area contributed by atoms with E-state index >= 15 is 0 Å². The van der Waals surface area contributed by atoms with E-state index in [1.54, 1.807) is 0 Å². The molecule has 0 aromatic carbocycles. The summed E-state index contributed by atoms with van der Waals surface area (Å²) in [5, 5.41) is 9.11. The summed E-state index contributed by atoms with van der Waals surface area (Å²) in [6, 6.07) is 2.65. The van der Waals surface area contributed by atoms with Gasteiger partial charge in [-0.15, -0.1) is 0 Å². The Morgan fingerprint density at radius 3 is 2.36 bits per heavy atom. The van der Waals surface area contributed by atoms with Gasteiger partial charge in [0.2, 0.25) is 0 Å². The highest BCUT2D eigenvalue weighted by atomic mass is 15.1. The maximum absolute atomic E-state index is 9.11. The highest BCUT2D eigenvalue weighted by Crippen LogP contribution is 2.15. The first kappa shape index (κ1) is 11.5. The van der Waals surface area contributed by atoms with Gasteiger partial charge in [-0.2, -0.15) is 5.26 Å². The van der Waals surface area contributed by atoms with Gasteiger partial charge in [-0.05, 0) is 32.4 Å². The van der Waals surface area contributed by atoms with Crippen molar-refractivity contribution in [2.45, 2.75) is 57.9 Å². The summed E-state index contributed by atoms with van der Waals surface area (Å²) in [6.45, 7) is 4.47. The van der Waals surface area contributed by atoms with Crippen LogP contribution >= 0.6 is 0 Å². The molecule has 1 saturated heterocycles. The SMILES string of the molecule is CCCCC(C#N)N1CCCCCC1. The molecule has 0 aliphatic carbocycles. The molecule has 1 heterocycles. The van der Waals surface area contributed by atoms with E-state index in [0.717, 1.165) is 19.5 Å². The molecule has 0 aromatic heterocycles. The maximum Gasteiger partial charge on any atom is 0.0977 e. The van der Waals surface area contributed by atoms with Crippen LogP contribution in [-0.4, -0.2) is 24.0 Å². The van der Waals surface area contributed by atoms with Crippen molar-refractivity contribution in [3.05, 3.63) is 0 Å².